The molecule has 120 valence electrons. The first kappa shape index (κ1) is 16.7. The molecule has 0 unspecified atom stereocenters. The molecule has 3 nitrogen and oxygen atoms in total. The summed E-state index contributed by atoms with van der Waals surface area (Å²) in [6, 6.07) is 9.08. The highest BCUT2D eigenvalue weighted by Crippen LogP contribution is 2.19. The number of para-hydroxylation sites is 1. The fourth-order valence-electron chi connectivity index (χ4n) is 2.13. The quantitative estimate of drug-likeness (QED) is 0.620. The molecular weight excluding hydrogens is 305 g/mol. The zero-order chi connectivity index (χ0) is 16.9. The molecule has 0 atom stereocenters. The van der Waals surface area contributed by atoms with Crippen LogP contribution in [0.4, 0.5) is 13.2 Å². The molecule has 6 heteroatoms. The molecule has 1 aromatic carbocycles. The maximum atomic E-state index is 12.5. The van der Waals surface area contributed by atoms with Crippen molar-refractivity contribution >= 4 is 22.9 Å². The van der Waals surface area contributed by atoms with Gasteiger partial charge in [-0.3, -0.25) is 9.78 Å². The third kappa shape index (κ3) is 4.67. The number of halogens is 3. The van der Waals surface area contributed by atoms with Crippen molar-refractivity contribution in [3.63, 3.8) is 0 Å². The maximum Gasteiger partial charge on any atom is 0.406 e. The molecular formula is C17H15F3N2O. The Bertz CT molecular complexity index is 733. The van der Waals surface area contributed by atoms with Crippen LogP contribution in [0.15, 0.2) is 55.3 Å². The number of carbonyl (C=O) groups excluding carboxylic acids is 1. The summed E-state index contributed by atoms with van der Waals surface area (Å²) in [4.78, 5) is 16.9. The van der Waals surface area contributed by atoms with Crippen LogP contribution in [0.3, 0.4) is 0 Å². The van der Waals surface area contributed by atoms with Crippen LogP contribution in [-0.4, -0.2) is 35.1 Å². The summed E-state index contributed by atoms with van der Waals surface area (Å²) in [6.45, 7) is 1.90. The molecule has 0 aliphatic rings. The molecule has 2 aromatic rings. The third-order valence-electron chi connectivity index (χ3n) is 3.10. The summed E-state index contributed by atoms with van der Waals surface area (Å²) in [5, 5.41) is 0.889. The zero-order valence-electron chi connectivity index (χ0n) is 12.3. The molecule has 0 bridgehead atoms. The van der Waals surface area contributed by atoms with E-state index in [9.17, 15) is 18.0 Å². The number of aromatic nitrogens is 1. The zero-order valence-corrected chi connectivity index (χ0v) is 12.3. The summed E-state index contributed by atoms with van der Waals surface area (Å²) >= 11 is 0. The lowest BCUT2D eigenvalue weighted by Gasteiger charge is -2.20. The van der Waals surface area contributed by atoms with Gasteiger partial charge in [0.15, 0.2) is 0 Å². The predicted molar refractivity (Wildman–Crippen MR) is 83.6 cm³/mol. The van der Waals surface area contributed by atoms with Crippen molar-refractivity contribution in [2.45, 2.75) is 6.18 Å². The molecule has 0 aliphatic carbocycles. The van der Waals surface area contributed by atoms with E-state index in [1.54, 1.807) is 24.4 Å². The molecule has 0 radical (unpaired) electrons. The highest BCUT2D eigenvalue weighted by atomic mass is 19.4. The molecule has 0 aliphatic heterocycles. The van der Waals surface area contributed by atoms with Crippen molar-refractivity contribution in [3.8, 4) is 0 Å². The Morgan fingerprint density at radius 2 is 2.00 bits per heavy atom. The lowest BCUT2D eigenvalue weighted by molar-refractivity contribution is -0.157. The van der Waals surface area contributed by atoms with Crippen molar-refractivity contribution in [2.75, 3.05) is 13.1 Å². The van der Waals surface area contributed by atoms with Crippen molar-refractivity contribution < 1.29 is 18.0 Å². The smallest absolute Gasteiger partial charge is 0.326 e. The lowest BCUT2D eigenvalue weighted by atomic mass is 10.1. The first-order chi connectivity index (χ1) is 10.9. The van der Waals surface area contributed by atoms with Gasteiger partial charge in [-0.2, -0.15) is 13.2 Å². The fraction of sp³-hybridized carbons (Fsp3) is 0.176. The molecule has 0 saturated carbocycles. The number of hydrogen-bond donors (Lipinski definition) is 0. The molecule has 2 rings (SSSR count). The number of pyridine rings is 1. The molecule has 0 N–H and O–H groups in total. The second-order valence-corrected chi connectivity index (χ2v) is 4.88. The van der Waals surface area contributed by atoms with Gasteiger partial charge in [-0.05, 0) is 12.1 Å². The first-order valence-electron chi connectivity index (χ1n) is 6.89. The van der Waals surface area contributed by atoms with Crippen LogP contribution < -0.4 is 0 Å². The SMILES string of the molecule is C=CCN(CC(F)(F)F)C(=O)/C=C/c1cccc2cccnc12. The van der Waals surface area contributed by atoms with Crippen LogP contribution >= 0.6 is 0 Å². The Kier molecular flexibility index (Phi) is 5.16. The topological polar surface area (TPSA) is 33.2 Å². The van der Waals surface area contributed by atoms with Crippen molar-refractivity contribution in [3.05, 3.63) is 60.8 Å². The number of benzene rings is 1. The minimum Gasteiger partial charge on any atom is -0.326 e. The van der Waals surface area contributed by atoms with Crippen LogP contribution in [0, 0.1) is 0 Å². The Labute approximate surface area is 131 Å². The molecule has 0 fully saturated rings. The summed E-state index contributed by atoms with van der Waals surface area (Å²) in [7, 11) is 0. The van der Waals surface area contributed by atoms with E-state index >= 15 is 0 Å². The first-order valence-corrected chi connectivity index (χ1v) is 6.89. The molecule has 0 saturated heterocycles. The van der Waals surface area contributed by atoms with Gasteiger partial charge in [-0.1, -0.05) is 30.3 Å². The second-order valence-electron chi connectivity index (χ2n) is 4.88. The van der Waals surface area contributed by atoms with E-state index in [4.69, 9.17) is 0 Å². The van der Waals surface area contributed by atoms with E-state index in [1.807, 2.05) is 12.1 Å². The van der Waals surface area contributed by atoms with Crippen molar-refractivity contribution in [1.29, 1.82) is 0 Å². The van der Waals surface area contributed by atoms with Gasteiger partial charge in [0.25, 0.3) is 0 Å². The Hall–Kier alpha value is -2.63. The van der Waals surface area contributed by atoms with Gasteiger partial charge in [0, 0.05) is 29.8 Å². The van der Waals surface area contributed by atoms with E-state index in [0.29, 0.717) is 16.0 Å². The fourth-order valence-corrected chi connectivity index (χ4v) is 2.13. The van der Waals surface area contributed by atoms with Gasteiger partial charge < -0.3 is 4.90 Å². The van der Waals surface area contributed by atoms with Gasteiger partial charge >= 0.3 is 6.18 Å². The standard InChI is InChI=1S/C17H15F3N2O/c1-2-11-22(12-17(18,19)20)15(23)9-8-14-6-3-5-13-7-4-10-21-16(13)14/h2-10H,1,11-12H2/b9-8+. The normalized spacial score (nSPS) is 11.8. The van der Waals surface area contributed by atoms with E-state index in [0.717, 1.165) is 11.5 Å². The van der Waals surface area contributed by atoms with Gasteiger partial charge in [0.2, 0.25) is 5.91 Å². The van der Waals surface area contributed by atoms with Crippen LogP contribution in [-0.2, 0) is 4.79 Å². The Morgan fingerprint density at radius 3 is 2.70 bits per heavy atom. The number of rotatable bonds is 5. The minimum atomic E-state index is -4.45. The third-order valence-corrected chi connectivity index (χ3v) is 3.10. The minimum absolute atomic E-state index is 0.170. The summed E-state index contributed by atoms with van der Waals surface area (Å²) in [5.74, 6) is -0.727. The largest absolute Gasteiger partial charge is 0.406 e. The van der Waals surface area contributed by atoms with E-state index in [2.05, 4.69) is 11.6 Å². The molecule has 1 heterocycles. The summed E-state index contributed by atoms with van der Waals surface area (Å²) < 4.78 is 37.5. The van der Waals surface area contributed by atoms with E-state index in [-0.39, 0.29) is 6.54 Å². The van der Waals surface area contributed by atoms with Gasteiger partial charge in [0.05, 0.1) is 5.52 Å². The summed E-state index contributed by atoms with van der Waals surface area (Å²) in [6.07, 6.45) is 1.03. The van der Waals surface area contributed by atoms with Gasteiger partial charge in [0.1, 0.15) is 6.54 Å². The number of nitrogens with zero attached hydrogens (tertiary/aromatic N) is 2. The van der Waals surface area contributed by atoms with Crippen LogP contribution in [0.1, 0.15) is 5.56 Å². The van der Waals surface area contributed by atoms with Gasteiger partial charge in [-0.15, -0.1) is 6.58 Å². The highest BCUT2D eigenvalue weighted by molar-refractivity contribution is 5.95. The predicted octanol–water partition coefficient (Wildman–Crippen LogP) is 3.82. The Balaban J connectivity index is 2.22. The number of fused-ring (bicyclic) bond motifs is 1. The average molecular weight is 320 g/mol. The lowest BCUT2D eigenvalue weighted by Crippen LogP contribution is -2.38. The van der Waals surface area contributed by atoms with Crippen LogP contribution in [0.25, 0.3) is 17.0 Å². The Morgan fingerprint density at radius 1 is 1.26 bits per heavy atom. The van der Waals surface area contributed by atoms with E-state index in [1.165, 1.54) is 12.2 Å². The number of hydrogen-bond acceptors (Lipinski definition) is 2. The molecule has 23 heavy (non-hydrogen) atoms. The number of alkyl halides is 3. The van der Waals surface area contributed by atoms with Crippen molar-refractivity contribution in [2.24, 2.45) is 0 Å². The monoisotopic (exact) mass is 320 g/mol. The van der Waals surface area contributed by atoms with Crippen LogP contribution in [0.5, 0.6) is 0 Å². The highest BCUT2D eigenvalue weighted by Gasteiger charge is 2.31. The average Bonchev–Trinajstić information content (AvgIpc) is 2.51. The molecule has 1 aromatic heterocycles. The molecule has 1 amide bonds. The van der Waals surface area contributed by atoms with Crippen LogP contribution in [0.2, 0.25) is 0 Å². The summed E-state index contributed by atoms with van der Waals surface area (Å²) in [5.41, 5.74) is 1.35. The number of amides is 1. The van der Waals surface area contributed by atoms with Gasteiger partial charge in [-0.25, -0.2) is 0 Å². The maximum absolute atomic E-state index is 12.5. The second kappa shape index (κ2) is 7.09. The van der Waals surface area contributed by atoms with E-state index < -0.39 is 18.6 Å². The molecule has 0 spiro atoms. The number of carbonyl (C=O) groups is 1. The van der Waals surface area contributed by atoms with Crippen molar-refractivity contribution in [1.82, 2.24) is 9.88 Å².